The van der Waals surface area contributed by atoms with Crippen molar-refractivity contribution >= 4 is 5.91 Å². The predicted octanol–water partition coefficient (Wildman–Crippen LogP) is 22.3. The molecule has 0 bridgehead atoms. The Hall–Kier alpha value is -0.610. The summed E-state index contributed by atoms with van der Waals surface area (Å²) >= 11 is 0. The number of amides is 1. The molecule has 2 atom stereocenters. The molecule has 0 radical (unpaired) electrons. The number of aliphatic hydroxyl groups excluding tert-OH is 2. The van der Waals surface area contributed by atoms with Gasteiger partial charge in [-0.1, -0.05) is 380 Å². The lowest BCUT2D eigenvalue weighted by molar-refractivity contribution is -0.123. The molecule has 70 heavy (non-hydrogen) atoms. The number of carbonyl (C=O) groups excluding carboxylic acids is 1. The molecule has 0 aliphatic carbocycles. The molecule has 4 nitrogen and oxygen atoms in total. The van der Waals surface area contributed by atoms with E-state index in [-0.39, 0.29) is 12.5 Å². The molecular weight excluding hydrogens is 855 g/mol. The van der Waals surface area contributed by atoms with E-state index in [1.54, 1.807) is 0 Å². The minimum absolute atomic E-state index is 0.0197. The number of carbonyl (C=O) groups is 1. The van der Waals surface area contributed by atoms with Crippen molar-refractivity contribution in [2.75, 3.05) is 6.61 Å². The number of hydrogen-bond donors (Lipinski definition) is 3. The third-order valence-corrected chi connectivity index (χ3v) is 16.1. The first-order valence-electron chi connectivity index (χ1n) is 33.2. The first kappa shape index (κ1) is 69.4. The van der Waals surface area contributed by atoms with Gasteiger partial charge in [0.05, 0.1) is 18.8 Å². The SMILES string of the molecule is CCCCCCCCCCCCCCCCCCCCCCCCCCCCCCCCCC(=O)NC(CO)C(O)CCCCCCCCCCCCCCCCCCCCCCCCCCCCC. The monoisotopic (exact) mass is 988 g/mol. The van der Waals surface area contributed by atoms with E-state index >= 15 is 0 Å². The van der Waals surface area contributed by atoms with Crippen LogP contribution in [0.3, 0.4) is 0 Å². The van der Waals surface area contributed by atoms with Crippen LogP contribution in [0.25, 0.3) is 0 Å². The van der Waals surface area contributed by atoms with Gasteiger partial charge in [-0.3, -0.25) is 4.79 Å². The van der Waals surface area contributed by atoms with Crippen LogP contribution in [0.4, 0.5) is 0 Å². The van der Waals surface area contributed by atoms with E-state index in [4.69, 9.17) is 0 Å². The molecular formula is C66H133NO3. The van der Waals surface area contributed by atoms with Gasteiger partial charge < -0.3 is 15.5 Å². The summed E-state index contributed by atoms with van der Waals surface area (Å²) in [6.45, 7) is 4.42. The van der Waals surface area contributed by atoms with Crippen molar-refractivity contribution in [3.05, 3.63) is 0 Å². The zero-order chi connectivity index (χ0) is 50.6. The molecule has 0 fully saturated rings. The molecule has 0 spiro atoms. The van der Waals surface area contributed by atoms with Gasteiger partial charge in [0.2, 0.25) is 5.91 Å². The second-order valence-electron chi connectivity index (χ2n) is 23.3. The standard InChI is InChI=1S/C66H133NO3/c1-3-5-7-9-11-13-15-17-19-21-23-25-27-29-31-32-33-34-36-38-40-42-44-46-48-50-52-54-56-58-60-62-66(70)67-64(63-68)65(69)61-59-57-55-53-51-49-47-45-43-41-39-37-35-30-28-26-24-22-20-18-16-14-12-10-8-6-4-2/h64-65,68-69H,3-63H2,1-2H3,(H,67,70). The number of aliphatic hydroxyl groups is 2. The Kier molecular flexibility index (Phi) is 62.1. The molecule has 0 heterocycles. The third-order valence-electron chi connectivity index (χ3n) is 16.1. The zero-order valence-electron chi connectivity index (χ0n) is 48.6. The van der Waals surface area contributed by atoms with Crippen molar-refractivity contribution in [1.29, 1.82) is 0 Å². The number of unbranched alkanes of at least 4 members (excludes halogenated alkanes) is 56. The Balaban J connectivity index is 3.36. The number of rotatable bonds is 63. The largest absolute Gasteiger partial charge is 0.394 e. The predicted molar refractivity (Wildman–Crippen MR) is 313 cm³/mol. The van der Waals surface area contributed by atoms with Crippen molar-refractivity contribution in [1.82, 2.24) is 5.32 Å². The van der Waals surface area contributed by atoms with Gasteiger partial charge in [0.15, 0.2) is 0 Å². The van der Waals surface area contributed by atoms with Crippen LogP contribution in [-0.2, 0) is 4.79 Å². The molecule has 0 saturated heterocycles. The summed E-state index contributed by atoms with van der Waals surface area (Å²) in [6, 6.07) is -0.532. The Morgan fingerprint density at radius 1 is 0.286 bits per heavy atom. The molecule has 0 aliphatic heterocycles. The second kappa shape index (κ2) is 62.7. The van der Waals surface area contributed by atoms with Crippen molar-refractivity contribution in [2.45, 2.75) is 411 Å². The molecule has 0 saturated carbocycles. The van der Waals surface area contributed by atoms with Gasteiger partial charge in [0.25, 0.3) is 0 Å². The van der Waals surface area contributed by atoms with E-state index in [0.717, 1.165) is 25.7 Å². The summed E-state index contributed by atoms with van der Waals surface area (Å²) in [7, 11) is 0. The van der Waals surface area contributed by atoms with E-state index in [9.17, 15) is 15.0 Å². The van der Waals surface area contributed by atoms with Crippen LogP contribution in [-0.4, -0.2) is 34.9 Å². The zero-order valence-corrected chi connectivity index (χ0v) is 48.6. The van der Waals surface area contributed by atoms with Crippen molar-refractivity contribution in [3.8, 4) is 0 Å². The average molecular weight is 989 g/mol. The summed E-state index contributed by atoms with van der Waals surface area (Å²) in [5.74, 6) is -0.0197. The van der Waals surface area contributed by atoms with Crippen LogP contribution in [0.5, 0.6) is 0 Å². The van der Waals surface area contributed by atoms with Gasteiger partial charge in [0, 0.05) is 6.42 Å². The molecule has 0 aromatic carbocycles. The molecule has 4 heteroatoms. The van der Waals surface area contributed by atoms with Gasteiger partial charge in [-0.2, -0.15) is 0 Å². The molecule has 0 aliphatic rings. The van der Waals surface area contributed by atoms with E-state index in [1.165, 1.54) is 347 Å². The molecule has 3 N–H and O–H groups in total. The summed E-state index contributed by atoms with van der Waals surface area (Å²) < 4.78 is 0. The lowest BCUT2D eigenvalue weighted by Crippen LogP contribution is -2.45. The number of nitrogens with one attached hydrogen (secondary N) is 1. The highest BCUT2D eigenvalue weighted by atomic mass is 16.3. The molecule has 0 rings (SSSR count). The van der Waals surface area contributed by atoms with Gasteiger partial charge in [0.1, 0.15) is 0 Å². The van der Waals surface area contributed by atoms with Gasteiger partial charge in [-0.15, -0.1) is 0 Å². The molecule has 0 aromatic rings. The van der Waals surface area contributed by atoms with Crippen LogP contribution < -0.4 is 5.32 Å². The normalized spacial score (nSPS) is 12.6. The smallest absolute Gasteiger partial charge is 0.220 e. The van der Waals surface area contributed by atoms with E-state index < -0.39 is 12.1 Å². The fraction of sp³-hybridized carbons (Fsp3) is 0.985. The molecule has 420 valence electrons. The lowest BCUT2D eigenvalue weighted by atomic mass is 10.0. The fourth-order valence-electron chi connectivity index (χ4n) is 11.1. The first-order valence-corrected chi connectivity index (χ1v) is 33.2. The van der Waals surface area contributed by atoms with Crippen molar-refractivity contribution in [3.63, 3.8) is 0 Å². The van der Waals surface area contributed by atoms with E-state index in [2.05, 4.69) is 19.2 Å². The minimum Gasteiger partial charge on any atom is -0.394 e. The maximum absolute atomic E-state index is 12.5. The average Bonchev–Trinajstić information content (AvgIpc) is 3.36. The highest BCUT2D eigenvalue weighted by molar-refractivity contribution is 5.76. The van der Waals surface area contributed by atoms with E-state index in [0.29, 0.717) is 12.8 Å². The Labute approximate surface area is 442 Å². The van der Waals surface area contributed by atoms with Crippen LogP contribution in [0.2, 0.25) is 0 Å². The summed E-state index contributed by atoms with van der Waals surface area (Å²) in [6.07, 6.45) is 81.5. The third kappa shape index (κ3) is 58.3. The number of hydrogen-bond acceptors (Lipinski definition) is 3. The minimum atomic E-state index is -0.656. The summed E-state index contributed by atoms with van der Waals surface area (Å²) in [4.78, 5) is 12.5. The fourth-order valence-corrected chi connectivity index (χ4v) is 11.1. The molecule has 0 aromatic heterocycles. The summed E-state index contributed by atoms with van der Waals surface area (Å²) in [5.41, 5.74) is 0. The van der Waals surface area contributed by atoms with Gasteiger partial charge >= 0.3 is 0 Å². The van der Waals surface area contributed by atoms with Crippen molar-refractivity contribution in [2.24, 2.45) is 0 Å². The second-order valence-corrected chi connectivity index (χ2v) is 23.3. The highest BCUT2D eigenvalue weighted by Crippen LogP contribution is 2.20. The van der Waals surface area contributed by atoms with Crippen molar-refractivity contribution < 1.29 is 15.0 Å². The molecule has 2 unspecified atom stereocenters. The van der Waals surface area contributed by atoms with Gasteiger partial charge in [-0.05, 0) is 12.8 Å². The Bertz CT molecular complexity index is 940. The highest BCUT2D eigenvalue weighted by Gasteiger charge is 2.20. The quantitative estimate of drug-likeness (QED) is 0.0532. The topological polar surface area (TPSA) is 69.6 Å². The molecule has 1 amide bonds. The maximum atomic E-state index is 12.5. The van der Waals surface area contributed by atoms with Crippen LogP contribution in [0.15, 0.2) is 0 Å². The maximum Gasteiger partial charge on any atom is 0.220 e. The van der Waals surface area contributed by atoms with Crippen LogP contribution in [0, 0.1) is 0 Å². The van der Waals surface area contributed by atoms with Gasteiger partial charge in [-0.25, -0.2) is 0 Å². The van der Waals surface area contributed by atoms with Crippen LogP contribution in [0.1, 0.15) is 399 Å². The Morgan fingerprint density at radius 3 is 0.643 bits per heavy atom. The van der Waals surface area contributed by atoms with Crippen LogP contribution >= 0.6 is 0 Å². The Morgan fingerprint density at radius 2 is 0.457 bits per heavy atom. The first-order chi connectivity index (χ1) is 34.7. The lowest BCUT2D eigenvalue weighted by Gasteiger charge is -2.22. The summed E-state index contributed by atoms with van der Waals surface area (Å²) in [5, 5.41) is 23.4. The van der Waals surface area contributed by atoms with E-state index in [1.807, 2.05) is 0 Å².